The Morgan fingerprint density at radius 2 is 1.72 bits per heavy atom. The Morgan fingerprint density at radius 1 is 0.875 bits per heavy atom. The fourth-order valence-electron chi connectivity index (χ4n) is 3.71. The van der Waals surface area contributed by atoms with Gasteiger partial charge < -0.3 is 19.5 Å². The van der Waals surface area contributed by atoms with E-state index in [0.717, 1.165) is 11.3 Å². The second kappa shape index (κ2) is 8.08. The molecule has 3 aromatic carbocycles. The summed E-state index contributed by atoms with van der Waals surface area (Å²) >= 11 is 0. The lowest BCUT2D eigenvalue weighted by atomic mass is 10.00. The topological polar surface area (TPSA) is 103 Å². The van der Waals surface area contributed by atoms with Crippen LogP contribution in [0.25, 0.3) is 0 Å². The van der Waals surface area contributed by atoms with Crippen molar-refractivity contribution >= 4 is 21.6 Å². The zero-order valence-corrected chi connectivity index (χ0v) is 17.7. The van der Waals surface area contributed by atoms with E-state index in [2.05, 4.69) is 10.0 Å². The van der Waals surface area contributed by atoms with Crippen molar-refractivity contribution in [2.75, 3.05) is 18.1 Å². The molecule has 164 valence electrons. The maximum atomic E-state index is 12.9. The molecule has 2 aliphatic rings. The van der Waals surface area contributed by atoms with Gasteiger partial charge in [0.25, 0.3) is 15.9 Å². The molecule has 32 heavy (non-hydrogen) atoms. The third-order valence-corrected chi connectivity index (χ3v) is 6.67. The number of fused-ring (bicyclic) bond motifs is 2. The average molecular weight is 452 g/mol. The lowest BCUT2D eigenvalue weighted by Crippen LogP contribution is -2.32. The van der Waals surface area contributed by atoms with Crippen molar-refractivity contribution in [3.05, 3.63) is 77.9 Å². The van der Waals surface area contributed by atoms with E-state index in [0.29, 0.717) is 30.2 Å². The van der Waals surface area contributed by atoms with Crippen molar-refractivity contribution in [3.63, 3.8) is 0 Å². The lowest BCUT2D eigenvalue weighted by Gasteiger charge is -2.26. The molecule has 0 saturated heterocycles. The van der Waals surface area contributed by atoms with Gasteiger partial charge in [-0.05, 0) is 36.4 Å². The van der Waals surface area contributed by atoms with E-state index in [4.69, 9.17) is 14.2 Å². The number of hydrogen-bond donors (Lipinski definition) is 2. The summed E-state index contributed by atoms with van der Waals surface area (Å²) in [4.78, 5) is 12.9. The summed E-state index contributed by atoms with van der Waals surface area (Å²) in [5.41, 5.74) is 1.49. The molecule has 9 heteroatoms. The molecule has 0 saturated carbocycles. The number of anilines is 1. The summed E-state index contributed by atoms with van der Waals surface area (Å²) in [6, 6.07) is 18.0. The van der Waals surface area contributed by atoms with Gasteiger partial charge in [0.05, 0.1) is 23.2 Å². The minimum Gasteiger partial charge on any atom is -0.493 e. The van der Waals surface area contributed by atoms with Crippen LogP contribution in [0, 0.1) is 0 Å². The van der Waals surface area contributed by atoms with Crippen LogP contribution in [-0.4, -0.2) is 27.7 Å². The Kier molecular flexibility index (Phi) is 5.10. The Bertz CT molecular complexity index is 1290. The van der Waals surface area contributed by atoms with Crippen LogP contribution in [0.4, 0.5) is 5.69 Å². The minimum absolute atomic E-state index is 0.0183. The first-order valence-corrected chi connectivity index (χ1v) is 11.5. The van der Waals surface area contributed by atoms with E-state index >= 15 is 0 Å². The lowest BCUT2D eigenvalue weighted by molar-refractivity contribution is 0.0924. The number of ether oxygens (including phenoxy) is 3. The summed E-state index contributed by atoms with van der Waals surface area (Å²) in [5.74, 6) is 1.41. The van der Waals surface area contributed by atoms with Crippen LogP contribution in [-0.2, 0) is 10.0 Å². The number of amides is 1. The van der Waals surface area contributed by atoms with Gasteiger partial charge in [0.2, 0.25) is 6.79 Å². The second-order valence-electron chi connectivity index (χ2n) is 7.40. The van der Waals surface area contributed by atoms with Crippen molar-refractivity contribution in [3.8, 4) is 17.2 Å². The van der Waals surface area contributed by atoms with E-state index in [1.165, 1.54) is 12.1 Å². The van der Waals surface area contributed by atoms with Gasteiger partial charge in [0.1, 0.15) is 5.75 Å². The van der Waals surface area contributed by atoms with E-state index in [-0.39, 0.29) is 29.2 Å². The fraction of sp³-hybridized carbons (Fsp3) is 0.174. The van der Waals surface area contributed by atoms with Crippen molar-refractivity contribution in [2.45, 2.75) is 17.4 Å². The van der Waals surface area contributed by atoms with Crippen molar-refractivity contribution in [1.82, 2.24) is 5.32 Å². The predicted molar refractivity (Wildman–Crippen MR) is 117 cm³/mol. The van der Waals surface area contributed by atoms with Crippen LogP contribution in [0.3, 0.4) is 0 Å². The quantitative estimate of drug-likeness (QED) is 0.615. The van der Waals surface area contributed by atoms with E-state index in [1.54, 1.807) is 30.3 Å². The smallest absolute Gasteiger partial charge is 0.261 e. The summed E-state index contributed by atoms with van der Waals surface area (Å²) in [7, 11) is -3.91. The number of nitrogens with one attached hydrogen (secondary N) is 2. The Hall–Kier alpha value is -3.72. The van der Waals surface area contributed by atoms with Crippen LogP contribution in [0.5, 0.6) is 17.2 Å². The third-order valence-electron chi connectivity index (χ3n) is 5.30. The molecule has 3 aromatic rings. The summed E-state index contributed by atoms with van der Waals surface area (Å²) < 4.78 is 44.5. The number of hydrogen-bond acceptors (Lipinski definition) is 6. The Morgan fingerprint density at radius 3 is 2.62 bits per heavy atom. The molecule has 2 aliphatic heterocycles. The highest BCUT2D eigenvalue weighted by Crippen LogP contribution is 2.35. The standard InChI is InChI=1S/C23H20N2O6S/c26-23(24-19-10-11-29-20-7-2-1-6-18(19)20)15-4-3-5-17(12-15)32(27,28)25-16-8-9-21-22(13-16)31-14-30-21/h1-9,12-13,19,25H,10-11,14H2,(H,24,26)/t19-/m1/s1. The van der Waals surface area contributed by atoms with E-state index in [9.17, 15) is 13.2 Å². The van der Waals surface area contributed by atoms with Gasteiger partial charge in [0, 0.05) is 23.6 Å². The first-order chi connectivity index (χ1) is 15.5. The summed E-state index contributed by atoms with van der Waals surface area (Å²) in [5, 5.41) is 2.98. The van der Waals surface area contributed by atoms with Gasteiger partial charge in [-0.3, -0.25) is 9.52 Å². The molecule has 2 N–H and O–H groups in total. The molecule has 8 nitrogen and oxygen atoms in total. The summed E-state index contributed by atoms with van der Waals surface area (Å²) in [6.07, 6.45) is 0.631. The first kappa shape index (κ1) is 20.2. The fourth-order valence-corrected chi connectivity index (χ4v) is 4.81. The molecule has 0 bridgehead atoms. The zero-order valence-electron chi connectivity index (χ0n) is 16.9. The van der Waals surface area contributed by atoms with Crippen molar-refractivity contribution in [2.24, 2.45) is 0 Å². The van der Waals surface area contributed by atoms with E-state index < -0.39 is 10.0 Å². The van der Waals surface area contributed by atoms with Gasteiger partial charge in [-0.1, -0.05) is 24.3 Å². The van der Waals surface area contributed by atoms with Gasteiger partial charge in [-0.15, -0.1) is 0 Å². The average Bonchev–Trinajstić information content (AvgIpc) is 3.27. The summed E-state index contributed by atoms with van der Waals surface area (Å²) in [6.45, 7) is 0.593. The molecule has 0 aromatic heterocycles. The molecular weight excluding hydrogens is 432 g/mol. The van der Waals surface area contributed by atoms with Crippen molar-refractivity contribution < 1.29 is 27.4 Å². The molecule has 0 fully saturated rings. The monoisotopic (exact) mass is 452 g/mol. The van der Waals surface area contributed by atoms with Gasteiger partial charge in [0.15, 0.2) is 11.5 Å². The van der Waals surface area contributed by atoms with Crippen LogP contribution < -0.4 is 24.2 Å². The third kappa shape index (κ3) is 3.94. The second-order valence-corrected chi connectivity index (χ2v) is 9.08. The molecule has 0 aliphatic carbocycles. The normalized spacial score (nSPS) is 16.6. The van der Waals surface area contributed by atoms with Gasteiger partial charge in [-0.25, -0.2) is 8.42 Å². The van der Waals surface area contributed by atoms with Crippen LogP contribution >= 0.6 is 0 Å². The molecule has 5 rings (SSSR count). The Labute approximate surface area is 185 Å². The molecular formula is C23H20N2O6S. The number of carbonyl (C=O) groups excluding carboxylic acids is 1. The van der Waals surface area contributed by atoms with Crippen LogP contribution in [0.1, 0.15) is 28.4 Å². The molecule has 1 amide bonds. The highest BCUT2D eigenvalue weighted by atomic mass is 32.2. The van der Waals surface area contributed by atoms with Gasteiger partial charge in [-0.2, -0.15) is 0 Å². The van der Waals surface area contributed by atoms with Crippen molar-refractivity contribution in [1.29, 1.82) is 0 Å². The largest absolute Gasteiger partial charge is 0.493 e. The molecule has 2 heterocycles. The highest BCUT2D eigenvalue weighted by Gasteiger charge is 2.24. The zero-order chi connectivity index (χ0) is 22.1. The number of para-hydroxylation sites is 1. The SMILES string of the molecule is O=C(N[C@@H]1CCOc2ccccc21)c1cccc(S(=O)(=O)Nc2ccc3c(c2)OCO3)c1. The van der Waals surface area contributed by atoms with Crippen LogP contribution in [0.2, 0.25) is 0 Å². The number of rotatable bonds is 5. The molecule has 0 radical (unpaired) electrons. The maximum absolute atomic E-state index is 12.9. The Balaban J connectivity index is 1.34. The maximum Gasteiger partial charge on any atom is 0.261 e. The molecule has 1 atom stereocenters. The highest BCUT2D eigenvalue weighted by molar-refractivity contribution is 7.92. The number of carbonyl (C=O) groups is 1. The number of sulfonamides is 1. The number of benzene rings is 3. The molecule has 0 spiro atoms. The predicted octanol–water partition coefficient (Wildman–Crippen LogP) is 3.47. The van der Waals surface area contributed by atoms with Crippen LogP contribution in [0.15, 0.2) is 71.6 Å². The van der Waals surface area contributed by atoms with Gasteiger partial charge >= 0.3 is 0 Å². The molecule has 0 unspecified atom stereocenters. The minimum atomic E-state index is -3.91. The van der Waals surface area contributed by atoms with E-state index in [1.807, 2.05) is 24.3 Å². The first-order valence-electron chi connectivity index (χ1n) is 10.0.